The number of carbonyl (C=O) groups is 1. The molecular formula is C8H8ClFN2O. The van der Waals surface area contributed by atoms with E-state index in [4.69, 9.17) is 5.73 Å². The molecule has 13 heavy (non-hydrogen) atoms. The number of rotatable bonds is 0. The molecule has 0 aliphatic carbocycles. The Morgan fingerprint density at radius 2 is 2.15 bits per heavy atom. The van der Waals surface area contributed by atoms with Gasteiger partial charge >= 0.3 is 0 Å². The van der Waals surface area contributed by atoms with Crippen LogP contribution >= 0.6 is 12.4 Å². The van der Waals surface area contributed by atoms with Crippen LogP contribution in [0.4, 0.5) is 10.1 Å². The molecule has 1 atom stereocenters. The molecule has 1 aliphatic heterocycles. The highest BCUT2D eigenvalue weighted by atomic mass is 35.5. The first kappa shape index (κ1) is 9.95. The molecule has 5 heteroatoms. The van der Waals surface area contributed by atoms with Crippen LogP contribution in [0.15, 0.2) is 18.2 Å². The summed E-state index contributed by atoms with van der Waals surface area (Å²) in [7, 11) is 0. The Kier molecular flexibility index (Phi) is 2.54. The van der Waals surface area contributed by atoms with Gasteiger partial charge in [0.25, 0.3) is 0 Å². The van der Waals surface area contributed by atoms with E-state index in [0.717, 1.165) is 0 Å². The van der Waals surface area contributed by atoms with E-state index < -0.39 is 6.04 Å². The number of anilines is 1. The third kappa shape index (κ3) is 1.50. The minimum Gasteiger partial charge on any atom is -0.324 e. The summed E-state index contributed by atoms with van der Waals surface area (Å²) in [6.07, 6.45) is 0. The van der Waals surface area contributed by atoms with Crippen LogP contribution in [0.3, 0.4) is 0 Å². The van der Waals surface area contributed by atoms with Gasteiger partial charge in [-0.25, -0.2) is 4.39 Å². The SMILES string of the molecule is Cl.NC1C(=O)Nc2cc(F)ccc21. The summed E-state index contributed by atoms with van der Waals surface area (Å²) in [5.41, 5.74) is 6.64. The van der Waals surface area contributed by atoms with Crippen LogP contribution < -0.4 is 11.1 Å². The van der Waals surface area contributed by atoms with Gasteiger partial charge in [-0.15, -0.1) is 12.4 Å². The lowest BCUT2D eigenvalue weighted by atomic mass is 10.1. The molecule has 1 heterocycles. The first-order valence-corrected chi connectivity index (χ1v) is 3.54. The van der Waals surface area contributed by atoms with Crippen LogP contribution in [-0.4, -0.2) is 5.91 Å². The molecule has 0 saturated heterocycles. The van der Waals surface area contributed by atoms with Crippen molar-refractivity contribution in [1.29, 1.82) is 0 Å². The molecule has 1 amide bonds. The highest BCUT2D eigenvalue weighted by Crippen LogP contribution is 2.29. The first-order valence-electron chi connectivity index (χ1n) is 3.54. The average Bonchev–Trinajstić information content (AvgIpc) is 2.28. The van der Waals surface area contributed by atoms with Gasteiger partial charge in [0.05, 0.1) is 0 Å². The maximum Gasteiger partial charge on any atom is 0.245 e. The quantitative estimate of drug-likeness (QED) is 0.664. The van der Waals surface area contributed by atoms with E-state index in [1.165, 1.54) is 18.2 Å². The third-order valence-electron chi connectivity index (χ3n) is 1.89. The Hall–Kier alpha value is -1.13. The van der Waals surface area contributed by atoms with Crippen molar-refractivity contribution < 1.29 is 9.18 Å². The number of hydrogen-bond donors (Lipinski definition) is 2. The standard InChI is InChI=1S/C8H7FN2O.ClH/c9-4-1-2-5-6(3-4)11-8(12)7(5)10;/h1-3,7H,10H2,(H,11,12);1H. The van der Waals surface area contributed by atoms with Gasteiger partial charge in [-0.05, 0) is 12.1 Å². The van der Waals surface area contributed by atoms with Crippen molar-refractivity contribution in [2.24, 2.45) is 5.73 Å². The van der Waals surface area contributed by atoms with E-state index in [1.54, 1.807) is 0 Å². The predicted molar refractivity (Wildman–Crippen MR) is 49.2 cm³/mol. The molecule has 0 bridgehead atoms. The number of hydrogen-bond acceptors (Lipinski definition) is 2. The lowest BCUT2D eigenvalue weighted by Gasteiger charge is -1.99. The predicted octanol–water partition coefficient (Wildman–Crippen LogP) is 1.20. The summed E-state index contributed by atoms with van der Waals surface area (Å²) >= 11 is 0. The lowest BCUT2D eigenvalue weighted by Crippen LogP contribution is -2.19. The van der Waals surface area contributed by atoms with Gasteiger partial charge in [0.15, 0.2) is 0 Å². The number of nitrogens with two attached hydrogens (primary N) is 1. The fourth-order valence-electron chi connectivity index (χ4n) is 1.26. The van der Waals surface area contributed by atoms with Crippen molar-refractivity contribution in [1.82, 2.24) is 0 Å². The number of amides is 1. The lowest BCUT2D eigenvalue weighted by molar-refractivity contribution is -0.116. The fraction of sp³-hybridized carbons (Fsp3) is 0.125. The number of benzene rings is 1. The molecule has 70 valence electrons. The van der Waals surface area contributed by atoms with Crippen molar-refractivity contribution in [2.75, 3.05) is 5.32 Å². The van der Waals surface area contributed by atoms with Crippen molar-refractivity contribution in [3.05, 3.63) is 29.6 Å². The summed E-state index contributed by atoms with van der Waals surface area (Å²) in [6.45, 7) is 0. The van der Waals surface area contributed by atoms with Crippen molar-refractivity contribution in [3.8, 4) is 0 Å². The molecule has 1 unspecified atom stereocenters. The zero-order chi connectivity index (χ0) is 8.72. The van der Waals surface area contributed by atoms with Crippen LogP contribution in [0.5, 0.6) is 0 Å². The van der Waals surface area contributed by atoms with E-state index in [1.807, 2.05) is 0 Å². The topological polar surface area (TPSA) is 55.1 Å². The van der Waals surface area contributed by atoms with Crippen LogP contribution in [0.25, 0.3) is 0 Å². The van der Waals surface area contributed by atoms with Crippen LogP contribution in [0.2, 0.25) is 0 Å². The second-order valence-corrected chi connectivity index (χ2v) is 2.70. The normalized spacial score (nSPS) is 18.9. The maximum absolute atomic E-state index is 12.6. The van der Waals surface area contributed by atoms with Crippen molar-refractivity contribution in [3.63, 3.8) is 0 Å². The van der Waals surface area contributed by atoms with Gasteiger partial charge < -0.3 is 11.1 Å². The molecule has 2 rings (SSSR count). The van der Waals surface area contributed by atoms with Crippen molar-refractivity contribution >= 4 is 24.0 Å². The van der Waals surface area contributed by atoms with E-state index in [2.05, 4.69) is 5.32 Å². The van der Waals surface area contributed by atoms with Gasteiger partial charge in [-0.1, -0.05) is 6.07 Å². The molecule has 0 fully saturated rings. The van der Waals surface area contributed by atoms with Crippen LogP contribution in [0.1, 0.15) is 11.6 Å². The number of nitrogens with one attached hydrogen (secondary N) is 1. The van der Waals surface area contributed by atoms with Gasteiger partial charge in [0, 0.05) is 11.3 Å². The van der Waals surface area contributed by atoms with Gasteiger partial charge in [0.2, 0.25) is 5.91 Å². The molecule has 1 aliphatic rings. The molecule has 0 radical (unpaired) electrons. The second kappa shape index (κ2) is 3.32. The van der Waals surface area contributed by atoms with Crippen LogP contribution in [0, 0.1) is 5.82 Å². The van der Waals surface area contributed by atoms with Gasteiger partial charge in [0.1, 0.15) is 11.9 Å². The molecular weight excluding hydrogens is 195 g/mol. The highest BCUT2D eigenvalue weighted by Gasteiger charge is 2.26. The molecule has 0 aromatic heterocycles. The van der Waals surface area contributed by atoms with E-state index in [0.29, 0.717) is 11.3 Å². The summed E-state index contributed by atoms with van der Waals surface area (Å²) in [5, 5.41) is 2.48. The van der Waals surface area contributed by atoms with E-state index in [9.17, 15) is 9.18 Å². The minimum atomic E-state index is -0.652. The Bertz CT molecular complexity index is 356. The third-order valence-corrected chi connectivity index (χ3v) is 1.89. The largest absolute Gasteiger partial charge is 0.324 e. The highest BCUT2D eigenvalue weighted by molar-refractivity contribution is 6.02. The minimum absolute atomic E-state index is 0. The summed E-state index contributed by atoms with van der Waals surface area (Å²) < 4.78 is 12.6. The Labute approximate surface area is 80.5 Å². The summed E-state index contributed by atoms with van der Waals surface area (Å²) in [4.78, 5) is 11.0. The maximum atomic E-state index is 12.6. The molecule has 0 spiro atoms. The Morgan fingerprint density at radius 1 is 1.46 bits per heavy atom. The van der Waals surface area contributed by atoms with E-state index in [-0.39, 0.29) is 24.1 Å². The second-order valence-electron chi connectivity index (χ2n) is 2.70. The zero-order valence-corrected chi connectivity index (χ0v) is 7.40. The van der Waals surface area contributed by atoms with Gasteiger partial charge in [-0.2, -0.15) is 0 Å². The summed E-state index contributed by atoms with van der Waals surface area (Å²) in [5.74, 6) is -0.654. The molecule has 1 aromatic rings. The smallest absolute Gasteiger partial charge is 0.245 e. The van der Waals surface area contributed by atoms with E-state index >= 15 is 0 Å². The molecule has 1 aromatic carbocycles. The Morgan fingerprint density at radius 3 is 2.85 bits per heavy atom. The average molecular weight is 203 g/mol. The first-order chi connectivity index (χ1) is 5.68. The number of carbonyl (C=O) groups excluding carboxylic acids is 1. The van der Waals surface area contributed by atoms with Crippen molar-refractivity contribution in [2.45, 2.75) is 6.04 Å². The number of halogens is 2. The summed E-state index contributed by atoms with van der Waals surface area (Å²) in [6, 6.07) is 3.42. The Balaban J connectivity index is 0.000000845. The zero-order valence-electron chi connectivity index (χ0n) is 6.58. The molecule has 0 saturated carbocycles. The molecule has 3 nitrogen and oxygen atoms in total. The van der Waals surface area contributed by atoms with Crippen LogP contribution in [-0.2, 0) is 4.79 Å². The molecule has 3 N–H and O–H groups in total. The monoisotopic (exact) mass is 202 g/mol. The van der Waals surface area contributed by atoms with Gasteiger partial charge in [-0.3, -0.25) is 4.79 Å². The fourth-order valence-corrected chi connectivity index (χ4v) is 1.26. The number of fused-ring (bicyclic) bond motifs is 1.